The number of fused-ring (bicyclic) bond motifs is 3. The van der Waals surface area contributed by atoms with Crippen molar-refractivity contribution in [1.29, 1.82) is 0 Å². The van der Waals surface area contributed by atoms with Crippen molar-refractivity contribution in [3.05, 3.63) is 59.5 Å². The van der Waals surface area contributed by atoms with Crippen LogP contribution in [0, 0.1) is 0 Å². The lowest BCUT2D eigenvalue weighted by atomic mass is 10.1. The van der Waals surface area contributed by atoms with Gasteiger partial charge in [0.2, 0.25) is 0 Å². The number of benzene rings is 2. The molecule has 2 heterocycles. The molecule has 0 radical (unpaired) electrons. The van der Waals surface area contributed by atoms with E-state index >= 15 is 0 Å². The van der Waals surface area contributed by atoms with Crippen molar-refractivity contribution in [3.63, 3.8) is 0 Å². The van der Waals surface area contributed by atoms with Crippen LogP contribution in [-0.4, -0.2) is 24.2 Å². The third-order valence-corrected chi connectivity index (χ3v) is 5.32. The Morgan fingerprint density at radius 1 is 1.13 bits per heavy atom. The molecule has 5 N–H and O–H groups in total. The highest BCUT2D eigenvalue weighted by molar-refractivity contribution is 7.18. The maximum absolute atomic E-state index is 12.5. The van der Waals surface area contributed by atoms with Gasteiger partial charge in [0.1, 0.15) is 11.6 Å². The average molecular weight is 446 g/mol. The lowest BCUT2D eigenvalue weighted by Crippen LogP contribution is -2.35. The van der Waals surface area contributed by atoms with E-state index in [1.165, 1.54) is 18.2 Å². The summed E-state index contributed by atoms with van der Waals surface area (Å²) in [7, 11) is 1.69. The highest BCUT2D eigenvalue weighted by Crippen LogP contribution is 2.35. The number of hydrazone groups is 1. The highest BCUT2D eigenvalue weighted by Gasteiger charge is 2.31. The number of rotatable bonds is 5. The minimum atomic E-state index is -4.76. The average Bonchev–Trinajstić information content (AvgIpc) is 3.21. The van der Waals surface area contributed by atoms with E-state index in [4.69, 9.17) is 10.8 Å². The summed E-state index contributed by atoms with van der Waals surface area (Å²) in [6.07, 6.45) is -4.76. The number of pyridine rings is 1. The Balaban J connectivity index is 1.77. The first kappa shape index (κ1) is 20.7. The fourth-order valence-electron chi connectivity index (χ4n) is 3.15. The first-order valence-corrected chi connectivity index (χ1v) is 9.91. The molecule has 2 aromatic heterocycles. The largest absolute Gasteiger partial charge is 0.573 e. The van der Waals surface area contributed by atoms with E-state index in [2.05, 4.69) is 26.0 Å². The molecule has 2 aromatic carbocycles. The molecule has 0 bridgehead atoms. The summed E-state index contributed by atoms with van der Waals surface area (Å²) in [5, 5.41) is 10.6. The van der Waals surface area contributed by atoms with Gasteiger partial charge in [-0.05, 0) is 29.6 Å². The van der Waals surface area contributed by atoms with Crippen LogP contribution in [0.1, 0.15) is 5.56 Å². The van der Waals surface area contributed by atoms with Crippen molar-refractivity contribution in [1.82, 2.24) is 15.8 Å². The van der Waals surface area contributed by atoms with Crippen molar-refractivity contribution >= 4 is 49.7 Å². The number of halogens is 3. The van der Waals surface area contributed by atoms with Gasteiger partial charge < -0.3 is 21.3 Å². The zero-order valence-electron chi connectivity index (χ0n) is 16.1. The van der Waals surface area contributed by atoms with E-state index in [0.29, 0.717) is 22.9 Å². The Labute approximate surface area is 178 Å². The molecule has 0 aliphatic rings. The number of hydrogen-bond acceptors (Lipinski definition) is 7. The second-order valence-corrected chi connectivity index (χ2v) is 7.33. The van der Waals surface area contributed by atoms with Crippen LogP contribution >= 0.6 is 11.3 Å². The maximum Gasteiger partial charge on any atom is 0.573 e. The lowest BCUT2D eigenvalue weighted by Gasteiger charge is -2.13. The van der Waals surface area contributed by atoms with E-state index in [-0.39, 0.29) is 5.75 Å². The van der Waals surface area contributed by atoms with Gasteiger partial charge in [-0.2, -0.15) is 5.10 Å². The Kier molecular flexibility index (Phi) is 5.53. The Hall–Kier alpha value is -3.57. The molecule has 7 nitrogen and oxygen atoms in total. The van der Waals surface area contributed by atoms with Gasteiger partial charge in [-0.3, -0.25) is 0 Å². The third kappa shape index (κ3) is 4.47. The summed E-state index contributed by atoms with van der Waals surface area (Å²) >= 11 is 1.55. The van der Waals surface area contributed by atoms with Gasteiger partial charge in [0, 0.05) is 39.8 Å². The molecule has 31 heavy (non-hydrogen) atoms. The zero-order chi connectivity index (χ0) is 22.0. The topological polar surface area (TPSA) is 96.6 Å². The number of hydrazine groups is 1. The normalized spacial score (nSPS) is 12.3. The van der Waals surface area contributed by atoms with Gasteiger partial charge >= 0.3 is 6.36 Å². The minimum Gasteiger partial charge on any atom is -0.406 e. The van der Waals surface area contributed by atoms with E-state index in [0.717, 1.165) is 21.0 Å². The fourth-order valence-corrected chi connectivity index (χ4v) is 4.08. The number of nitrogens with two attached hydrogens (primary N) is 1. The molecular weight excluding hydrogens is 429 g/mol. The predicted molar refractivity (Wildman–Crippen MR) is 116 cm³/mol. The van der Waals surface area contributed by atoms with Crippen molar-refractivity contribution in [2.24, 2.45) is 10.9 Å². The molecule has 0 amide bonds. The molecule has 0 aliphatic heterocycles. The van der Waals surface area contributed by atoms with Crippen LogP contribution in [-0.2, 0) is 0 Å². The van der Waals surface area contributed by atoms with Crippen LogP contribution < -0.4 is 26.7 Å². The van der Waals surface area contributed by atoms with Crippen LogP contribution in [0.2, 0.25) is 0 Å². The van der Waals surface area contributed by atoms with Crippen molar-refractivity contribution in [2.75, 3.05) is 12.4 Å². The van der Waals surface area contributed by atoms with E-state index in [1.54, 1.807) is 24.5 Å². The molecule has 0 atom stereocenters. The van der Waals surface area contributed by atoms with Gasteiger partial charge in [-0.1, -0.05) is 18.2 Å². The summed E-state index contributed by atoms with van der Waals surface area (Å²) in [5.41, 5.74) is 7.44. The molecule has 4 aromatic rings. The fraction of sp³-hybridized carbons (Fsp3) is 0.100. The van der Waals surface area contributed by atoms with Gasteiger partial charge in [-0.25, -0.2) is 10.4 Å². The number of nitrogens with one attached hydrogen (secondary N) is 3. The van der Waals surface area contributed by atoms with Gasteiger partial charge in [-0.15, -0.1) is 24.5 Å². The molecule has 4 rings (SSSR count). The SMILES string of the molecule is CNNC(=NN)c1ccc2c(c1)nc(Nc1cccc(OC(F)(F)F)c1)c1ccsc12. The Morgan fingerprint density at radius 3 is 2.71 bits per heavy atom. The molecular formula is C20H17F3N6OS. The van der Waals surface area contributed by atoms with E-state index in [9.17, 15) is 13.2 Å². The first-order valence-electron chi connectivity index (χ1n) is 9.03. The summed E-state index contributed by atoms with van der Waals surface area (Å²) in [6.45, 7) is 0. The quantitative estimate of drug-likeness (QED) is 0.157. The van der Waals surface area contributed by atoms with Crippen molar-refractivity contribution in [2.45, 2.75) is 6.36 Å². The molecule has 0 spiro atoms. The molecule has 0 fully saturated rings. The summed E-state index contributed by atoms with van der Waals surface area (Å²) < 4.78 is 42.6. The number of anilines is 2. The molecule has 0 saturated heterocycles. The predicted octanol–water partition coefficient (Wildman–Crippen LogP) is 4.44. The minimum absolute atomic E-state index is 0.316. The molecule has 0 unspecified atom stereocenters. The number of alkyl halides is 3. The summed E-state index contributed by atoms with van der Waals surface area (Å²) in [5.74, 6) is 6.09. The number of amidine groups is 1. The van der Waals surface area contributed by atoms with E-state index in [1.807, 2.05) is 29.6 Å². The number of ether oxygens (including phenoxy) is 1. The monoisotopic (exact) mass is 446 g/mol. The van der Waals surface area contributed by atoms with Crippen LogP contribution in [0.4, 0.5) is 24.7 Å². The van der Waals surface area contributed by atoms with Gasteiger partial charge in [0.15, 0.2) is 5.84 Å². The summed E-state index contributed by atoms with van der Waals surface area (Å²) in [4.78, 5) is 4.70. The van der Waals surface area contributed by atoms with Crippen molar-refractivity contribution in [3.8, 4) is 5.75 Å². The maximum atomic E-state index is 12.5. The summed E-state index contributed by atoms with van der Waals surface area (Å²) in [6, 6.07) is 13.2. The molecule has 11 heteroatoms. The standard InChI is InChI=1S/C20H17F3N6OS/c1-25-29-18(28-24)11-5-6-14-16(9-11)27-19(15-7-8-31-17(14)15)26-12-3-2-4-13(10-12)30-20(21,22)23/h2-10,25H,24H2,1H3,(H,26,27)(H,28,29). The third-order valence-electron chi connectivity index (χ3n) is 4.37. The first-order chi connectivity index (χ1) is 14.9. The molecule has 0 saturated carbocycles. The van der Waals surface area contributed by atoms with Gasteiger partial charge in [0.25, 0.3) is 0 Å². The lowest BCUT2D eigenvalue weighted by molar-refractivity contribution is -0.274. The Morgan fingerprint density at radius 2 is 1.97 bits per heavy atom. The zero-order valence-corrected chi connectivity index (χ0v) is 16.9. The number of hydrogen-bond donors (Lipinski definition) is 4. The number of thiophene rings is 1. The van der Waals surface area contributed by atoms with Crippen LogP contribution in [0.5, 0.6) is 5.75 Å². The second kappa shape index (κ2) is 8.28. The smallest absolute Gasteiger partial charge is 0.406 e. The van der Waals surface area contributed by atoms with Crippen molar-refractivity contribution < 1.29 is 17.9 Å². The number of nitrogens with zero attached hydrogens (tertiary/aromatic N) is 2. The van der Waals surface area contributed by atoms with Crippen LogP contribution in [0.15, 0.2) is 59.0 Å². The van der Waals surface area contributed by atoms with E-state index < -0.39 is 6.36 Å². The van der Waals surface area contributed by atoms with Crippen LogP contribution in [0.25, 0.3) is 21.0 Å². The van der Waals surface area contributed by atoms with Crippen LogP contribution in [0.3, 0.4) is 0 Å². The highest BCUT2D eigenvalue weighted by atomic mass is 32.1. The molecule has 160 valence electrons. The second-order valence-electron chi connectivity index (χ2n) is 6.41. The number of aromatic nitrogens is 1. The Bertz CT molecular complexity index is 1270. The van der Waals surface area contributed by atoms with Gasteiger partial charge in [0.05, 0.1) is 5.52 Å². The molecule has 0 aliphatic carbocycles.